The van der Waals surface area contributed by atoms with Crippen molar-refractivity contribution < 1.29 is 14.3 Å². The molecule has 0 radical (unpaired) electrons. The molecule has 0 aliphatic heterocycles. The summed E-state index contributed by atoms with van der Waals surface area (Å²) >= 11 is 12.1. The highest BCUT2D eigenvalue weighted by Gasteiger charge is 2.26. The normalized spacial score (nSPS) is 11.8. The van der Waals surface area contributed by atoms with Crippen molar-refractivity contribution in [2.75, 3.05) is 13.2 Å². The van der Waals surface area contributed by atoms with Crippen molar-refractivity contribution in [3.8, 4) is 5.75 Å². The van der Waals surface area contributed by atoms with E-state index < -0.39 is 6.04 Å². The predicted molar refractivity (Wildman–Crippen MR) is 125 cm³/mol. The first-order valence-corrected chi connectivity index (χ1v) is 11.2. The second kappa shape index (κ2) is 12.6. The summed E-state index contributed by atoms with van der Waals surface area (Å²) in [4.78, 5) is 27.2. The number of ether oxygens (including phenoxy) is 1. The van der Waals surface area contributed by atoms with Gasteiger partial charge in [0.15, 0.2) is 0 Å². The highest BCUT2D eigenvalue weighted by atomic mass is 35.5. The highest BCUT2D eigenvalue weighted by molar-refractivity contribution is 6.42. The Bertz CT molecular complexity index is 859. The summed E-state index contributed by atoms with van der Waals surface area (Å²) < 4.78 is 5.67. The summed E-state index contributed by atoms with van der Waals surface area (Å²) in [6.45, 7) is 7.04. The molecule has 31 heavy (non-hydrogen) atoms. The molecule has 1 atom stereocenters. The molecule has 0 spiro atoms. The quantitative estimate of drug-likeness (QED) is 0.456. The molecule has 2 aromatic rings. The number of halogens is 2. The van der Waals surface area contributed by atoms with Gasteiger partial charge in [0.1, 0.15) is 11.8 Å². The summed E-state index contributed by atoms with van der Waals surface area (Å²) in [5.41, 5.74) is 0.812. The van der Waals surface area contributed by atoms with Gasteiger partial charge >= 0.3 is 0 Å². The zero-order valence-electron chi connectivity index (χ0n) is 18.2. The molecule has 0 unspecified atom stereocenters. The maximum absolute atomic E-state index is 13.0. The summed E-state index contributed by atoms with van der Waals surface area (Å²) in [6, 6.07) is 14.1. The van der Waals surface area contributed by atoms with Gasteiger partial charge in [0.05, 0.1) is 16.7 Å². The SMILES string of the molecule is CC(C)CNC(=O)[C@@H](C)N(Cc1ccc(Cl)c(Cl)c1)C(=O)CCCOc1ccccc1. The molecule has 0 heterocycles. The van der Waals surface area contributed by atoms with Gasteiger partial charge in [-0.3, -0.25) is 9.59 Å². The van der Waals surface area contributed by atoms with Gasteiger partial charge < -0.3 is 15.0 Å². The van der Waals surface area contributed by atoms with E-state index in [-0.39, 0.29) is 24.8 Å². The molecular weight excluding hydrogens is 435 g/mol. The third kappa shape index (κ3) is 8.42. The minimum atomic E-state index is -0.615. The third-order valence-electron chi connectivity index (χ3n) is 4.74. The Labute approximate surface area is 194 Å². The van der Waals surface area contributed by atoms with Gasteiger partial charge in [-0.2, -0.15) is 0 Å². The lowest BCUT2D eigenvalue weighted by molar-refractivity contribution is -0.140. The van der Waals surface area contributed by atoms with E-state index in [0.29, 0.717) is 35.5 Å². The van der Waals surface area contributed by atoms with Crippen LogP contribution < -0.4 is 10.1 Å². The van der Waals surface area contributed by atoms with Crippen LogP contribution in [0.15, 0.2) is 48.5 Å². The zero-order chi connectivity index (χ0) is 22.8. The molecule has 168 valence electrons. The number of carbonyl (C=O) groups is 2. The molecular formula is C24H30Cl2N2O3. The van der Waals surface area contributed by atoms with Crippen molar-refractivity contribution >= 4 is 35.0 Å². The number of hydrogen-bond acceptors (Lipinski definition) is 3. The van der Waals surface area contributed by atoms with Gasteiger partial charge in [0, 0.05) is 19.5 Å². The van der Waals surface area contributed by atoms with Crippen LogP contribution in [0.4, 0.5) is 0 Å². The first-order valence-electron chi connectivity index (χ1n) is 10.5. The Kier molecular flexibility index (Phi) is 10.2. The Morgan fingerprint density at radius 2 is 1.74 bits per heavy atom. The minimum absolute atomic E-state index is 0.116. The van der Waals surface area contributed by atoms with Gasteiger partial charge in [-0.15, -0.1) is 0 Å². The maximum Gasteiger partial charge on any atom is 0.242 e. The first-order chi connectivity index (χ1) is 14.8. The molecule has 0 aromatic heterocycles. The molecule has 1 N–H and O–H groups in total. The van der Waals surface area contributed by atoms with Crippen LogP contribution in [-0.2, 0) is 16.1 Å². The molecule has 2 amide bonds. The van der Waals surface area contributed by atoms with E-state index in [1.54, 1.807) is 24.0 Å². The third-order valence-corrected chi connectivity index (χ3v) is 5.47. The molecule has 0 saturated carbocycles. The molecule has 0 aliphatic carbocycles. The Morgan fingerprint density at radius 3 is 2.39 bits per heavy atom. The summed E-state index contributed by atoms with van der Waals surface area (Å²) in [7, 11) is 0. The number of amides is 2. The summed E-state index contributed by atoms with van der Waals surface area (Å²) in [5, 5.41) is 3.77. The van der Waals surface area contributed by atoms with Crippen LogP contribution in [0.3, 0.4) is 0 Å². The van der Waals surface area contributed by atoms with Gasteiger partial charge in [0.25, 0.3) is 0 Å². The minimum Gasteiger partial charge on any atom is -0.494 e. The molecule has 5 nitrogen and oxygen atoms in total. The van der Waals surface area contributed by atoms with Crippen molar-refractivity contribution in [2.24, 2.45) is 5.92 Å². The number of hydrogen-bond donors (Lipinski definition) is 1. The van der Waals surface area contributed by atoms with E-state index >= 15 is 0 Å². The first kappa shape index (κ1) is 25.0. The molecule has 2 rings (SSSR count). The fraction of sp³-hybridized carbons (Fsp3) is 0.417. The Hall–Kier alpha value is -2.24. The lowest BCUT2D eigenvalue weighted by atomic mass is 10.1. The number of carbonyl (C=O) groups excluding carboxylic acids is 2. The fourth-order valence-electron chi connectivity index (χ4n) is 2.94. The summed E-state index contributed by atoms with van der Waals surface area (Å²) in [5.74, 6) is 0.798. The van der Waals surface area contributed by atoms with Crippen LogP contribution >= 0.6 is 23.2 Å². The van der Waals surface area contributed by atoms with E-state index in [0.717, 1.165) is 11.3 Å². The molecule has 0 aliphatic rings. The van der Waals surface area contributed by atoms with Crippen LogP contribution in [0.1, 0.15) is 39.2 Å². The van der Waals surface area contributed by atoms with Crippen LogP contribution in [-0.4, -0.2) is 35.9 Å². The van der Waals surface area contributed by atoms with Gasteiger partial charge in [-0.25, -0.2) is 0 Å². The highest BCUT2D eigenvalue weighted by Crippen LogP contribution is 2.24. The average Bonchev–Trinajstić information content (AvgIpc) is 2.75. The zero-order valence-corrected chi connectivity index (χ0v) is 19.7. The van der Waals surface area contributed by atoms with Crippen LogP contribution in [0.5, 0.6) is 5.75 Å². The van der Waals surface area contributed by atoms with Crippen LogP contribution in [0.2, 0.25) is 10.0 Å². The van der Waals surface area contributed by atoms with Gasteiger partial charge in [-0.05, 0) is 49.1 Å². The lowest BCUT2D eigenvalue weighted by Gasteiger charge is -2.29. The molecule has 7 heteroatoms. The lowest BCUT2D eigenvalue weighted by Crippen LogP contribution is -2.48. The van der Waals surface area contributed by atoms with Crippen LogP contribution in [0.25, 0.3) is 0 Å². The fourth-order valence-corrected chi connectivity index (χ4v) is 3.26. The Morgan fingerprint density at radius 1 is 1.03 bits per heavy atom. The van der Waals surface area contributed by atoms with Gasteiger partial charge in [0.2, 0.25) is 11.8 Å². The van der Waals surface area contributed by atoms with E-state index in [2.05, 4.69) is 5.32 Å². The van der Waals surface area contributed by atoms with E-state index in [4.69, 9.17) is 27.9 Å². The number of para-hydroxylation sites is 1. The topological polar surface area (TPSA) is 58.6 Å². The van der Waals surface area contributed by atoms with Crippen molar-refractivity contribution in [3.05, 3.63) is 64.1 Å². The van der Waals surface area contributed by atoms with Crippen molar-refractivity contribution in [1.29, 1.82) is 0 Å². The smallest absolute Gasteiger partial charge is 0.242 e. The summed E-state index contributed by atoms with van der Waals surface area (Å²) in [6.07, 6.45) is 0.821. The monoisotopic (exact) mass is 464 g/mol. The largest absolute Gasteiger partial charge is 0.494 e. The van der Waals surface area contributed by atoms with Crippen molar-refractivity contribution in [1.82, 2.24) is 10.2 Å². The van der Waals surface area contributed by atoms with E-state index in [1.807, 2.05) is 50.2 Å². The predicted octanol–water partition coefficient (Wildman–Crippen LogP) is 5.34. The van der Waals surface area contributed by atoms with E-state index in [9.17, 15) is 9.59 Å². The average molecular weight is 465 g/mol. The molecule has 0 saturated heterocycles. The van der Waals surface area contributed by atoms with E-state index in [1.165, 1.54) is 0 Å². The van der Waals surface area contributed by atoms with Gasteiger partial charge in [-0.1, -0.05) is 61.3 Å². The standard InChI is InChI=1S/C24H30Cl2N2O3/c1-17(2)15-27-24(30)18(3)28(16-19-11-12-21(25)22(26)14-19)23(29)10-7-13-31-20-8-5-4-6-9-20/h4-6,8-9,11-12,14,17-18H,7,10,13,15-16H2,1-3H3,(H,27,30)/t18-/m1/s1. The number of nitrogens with one attached hydrogen (secondary N) is 1. The second-order valence-electron chi connectivity index (χ2n) is 7.85. The van der Waals surface area contributed by atoms with Crippen LogP contribution in [0, 0.1) is 5.92 Å². The maximum atomic E-state index is 13.0. The molecule has 2 aromatic carbocycles. The Balaban J connectivity index is 2.03. The van der Waals surface area contributed by atoms with Crippen molar-refractivity contribution in [3.63, 3.8) is 0 Å². The number of nitrogens with zero attached hydrogens (tertiary/aromatic N) is 1. The molecule has 0 bridgehead atoms. The number of rotatable bonds is 11. The molecule has 0 fully saturated rings. The second-order valence-corrected chi connectivity index (χ2v) is 8.66. The van der Waals surface area contributed by atoms with Crippen molar-refractivity contribution in [2.45, 2.75) is 46.2 Å². The number of benzene rings is 2.